The van der Waals surface area contributed by atoms with Crippen molar-refractivity contribution in [3.05, 3.63) is 65.2 Å². The third-order valence-electron chi connectivity index (χ3n) is 4.16. The Bertz CT molecular complexity index is 630. The van der Waals surface area contributed by atoms with Gasteiger partial charge in [-0.25, -0.2) is 0 Å². The monoisotopic (exact) mass is 279 g/mol. The van der Waals surface area contributed by atoms with E-state index < -0.39 is 0 Å². The van der Waals surface area contributed by atoms with Gasteiger partial charge in [0.1, 0.15) is 0 Å². The summed E-state index contributed by atoms with van der Waals surface area (Å²) in [6.45, 7) is 2.93. The Labute approximate surface area is 126 Å². The molecule has 1 aliphatic heterocycles. The third-order valence-corrected chi connectivity index (χ3v) is 4.16. The number of hydrogen-bond donors (Lipinski definition) is 0. The highest BCUT2D eigenvalue weighted by molar-refractivity contribution is 5.94. The molecule has 0 radical (unpaired) electrons. The summed E-state index contributed by atoms with van der Waals surface area (Å²) in [6, 6.07) is 16.7. The van der Waals surface area contributed by atoms with E-state index in [0.29, 0.717) is 6.42 Å². The van der Waals surface area contributed by atoms with Crippen LogP contribution in [0, 0.1) is 6.92 Å². The largest absolute Gasteiger partial charge is 0.312 e. The second kappa shape index (κ2) is 6.13. The molecule has 21 heavy (non-hydrogen) atoms. The Kier molecular flexibility index (Phi) is 4.05. The van der Waals surface area contributed by atoms with Crippen molar-refractivity contribution in [2.45, 2.75) is 32.6 Å². The molecule has 108 valence electrons. The number of anilines is 1. The van der Waals surface area contributed by atoms with Crippen molar-refractivity contribution in [1.29, 1.82) is 0 Å². The summed E-state index contributed by atoms with van der Waals surface area (Å²) in [5.41, 5.74) is 4.90. The van der Waals surface area contributed by atoms with E-state index in [1.165, 1.54) is 16.7 Å². The quantitative estimate of drug-likeness (QED) is 0.834. The fraction of sp³-hybridized carbons (Fsp3) is 0.316. The molecular formula is C19H21NO. The van der Waals surface area contributed by atoms with E-state index in [1.807, 2.05) is 11.0 Å². The van der Waals surface area contributed by atoms with Crippen molar-refractivity contribution in [2.24, 2.45) is 0 Å². The van der Waals surface area contributed by atoms with E-state index in [-0.39, 0.29) is 5.91 Å². The molecule has 1 amide bonds. The van der Waals surface area contributed by atoms with E-state index in [0.717, 1.165) is 31.5 Å². The summed E-state index contributed by atoms with van der Waals surface area (Å²) in [7, 11) is 0. The van der Waals surface area contributed by atoms with E-state index >= 15 is 0 Å². The first-order valence-electron chi connectivity index (χ1n) is 7.68. The summed E-state index contributed by atoms with van der Waals surface area (Å²) in [5.74, 6) is 0.239. The van der Waals surface area contributed by atoms with Crippen LogP contribution in [-0.2, 0) is 17.6 Å². The number of aryl methyl sites for hydroxylation is 3. The second-order valence-corrected chi connectivity index (χ2v) is 5.76. The van der Waals surface area contributed by atoms with Crippen LogP contribution in [-0.4, -0.2) is 12.5 Å². The van der Waals surface area contributed by atoms with E-state index in [2.05, 4.69) is 49.4 Å². The number of nitrogens with zero attached hydrogens (tertiary/aromatic N) is 1. The summed E-state index contributed by atoms with van der Waals surface area (Å²) in [4.78, 5) is 14.5. The summed E-state index contributed by atoms with van der Waals surface area (Å²) >= 11 is 0. The first kappa shape index (κ1) is 13.9. The van der Waals surface area contributed by atoms with Crippen LogP contribution in [0.1, 0.15) is 29.5 Å². The molecule has 2 heteroatoms. The van der Waals surface area contributed by atoms with Gasteiger partial charge in [-0.3, -0.25) is 4.79 Å². The lowest BCUT2D eigenvalue weighted by molar-refractivity contribution is -0.118. The fourth-order valence-electron chi connectivity index (χ4n) is 2.93. The maximum absolute atomic E-state index is 12.5. The van der Waals surface area contributed by atoms with Crippen molar-refractivity contribution >= 4 is 11.6 Å². The van der Waals surface area contributed by atoms with Crippen LogP contribution >= 0.6 is 0 Å². The zero-order chi connectivity index (χ0) is 14.7. The van der Waals surface area contributed by atoms with Gasteiger partial charge in [0.2, 0.25) is 5.91 Å². The molecule has 0 saturated heterocycles. The standard InChI is InChI=1S/C19H21NO/c1-15-8-10-16(11-9-15)12-13-19(21)20-14-4-6-17-5-2-3-7-18(17)20/h2-3,5,7-11H,4,6,12-14H2,1H3. The first-order valence-corrected chi connectivity index (χ1v) is 7.68. The average Bonchev–Trinajstić information content (AvgIpc) is 2.53. The van der Waals surface area contributed by atoms with Gasteiger partial charge in [0.15, 0.2) is 0 Å². The lowest BCUT2D eigenvalue weighted by Crippen LogP contribution is -2.35. The number of amides is 1. The number of para-hydroxylation sites is 1. The fourth-order valence-corrected chi connectivity index (χ4v) is 2.93. The lowest BCUT2D eigenvalue weighted by atomic mass is 10.0. The van der Waals surface area contributed by atoms with Crippen LogP contribution in [0.5, 0.6) is 0 Å². The van der Waals surface area contributed by atoms with Crippen LogP contribution in [0.2, 0.25) is 0 Å². The number of fused-ring (bicyclic) bond motifs is 1. The van der Waals surface area contributed by atoms with Crippen LogP contribution in [0.25, 0.3) is 0 Å². The SMILES string of the molecule is Cc1ccc(CCC(=O)N2CCCc3ccccc32)cc1. The highest BCUT2D eigenvalue weighted by atomic mass is 16.2. The number of hydrogen-bond acceptors (Lipinski definition) is 1. The molecule has 0 unspecified atom stereocenters. The Hall–Kier alpha value is -2.09. The zero-order valence-corrected chi connectivity index (χ0v) is 12.5. The van der Waals surface area contributed by atoms with Gasteiger partial charge in [0.25, 0.3) is 0 Å². The Balaban J connectivity index is 1.68. The van der Waals surface area contributed by atoms with Gasteiger partial charge in [0.05, 0.1) is 0 Å². The van der Waals surface area contributed by atoms with Gasteiger partial charge in [-0.1, -0.05) is 48.0 Å². The molecule has 1 aliphatic rings. The Morgan fingerprint density at radius 1 is 1.10 bits per heavy atom. The summed E-state index contributed by atoms with van der Waals surface area (Å²) < 4.78 is 0. The lowest BCUT2D eigenvalue weighted by Gasteiger charge is -2.29. The van der Waals surface area contributed by atoms with Gasteiger partial charge < -0.3 is 4.90 Å². The van der Waals surface area contributed by atoms with Crippen molar-refractivity contribution in [3.63, 3.8) is 0 Å². The number of carbonyl (C=O) groups excluding carboxylic acids is 1. The Morgan fingerprint density at radius 3 is 2.67 bits per heavy atom. The van der Waals surface area contributed by atoms with Gasteiger partial charge in [0, 0.05) is 18.7 Å². The average molecular weight is 279 g/mol. The normalized spacial score (nSPS) is 13.9. The molecule has 0 bridgehead atoms. The van der Waals surface area contributed by atoms with Crippen molar-refractivity contribution < 1.29 is 4.79 Å². The molecule has 2 aromatic rings. The molecule has 0 N–H and O–H groups in total. The molecule has 1 heterocycles. The first-order chi connectivity index (χ1) is 10.2. The highest BCUT2D eigenvalue weighted by Gasteiger charge is 2.21. The summed E-state index contributed by atoms with van der Waals surface area (Å²) in [6.07, 6.45) is 3.54. The molecule has 0 fully saturated rings. The number of carbonyl (C=O) groups is 1. The van der Waals surface area contributed by atoms with Crippen molar-refractivity contribution in [3.8, 4) is 0 Å². The van der Waals surface area contributed by atoms with Gasteiger partial charge in [-0.2, -0.15) is 0 Å². The maximum Gasteiger partial charge on any atom is 0.227 e. The number of benzene rings is 2. The van der Waals surface area contributed by atoms with Gasteiger partial charge in [-0.05, 0) is 43.4 Å². The topological polar surface area (TPSA) is 20.3 Å². The molecule has 0 aliphatic carbocycles. The van der Waals surface area contributed by atoms with E-state index in [9.17, 15) is 4.79 Å². The summed E-state index contributed by atoms with van der Waals surface area (Å²) in [5, 5.41) is 0. The van der Waals surface area contributed by atoms with Crippen LogP contribution < -0.4 is 4.90 Å². The zero-order valence-electron chi connectivity index (χ0n) is 12.5. The van der Waals surface area contributed by atoms with Crippen molar-refractivity contribution in [1.82, 2.24) is 0 Å². The predicted molar refractivity (Wildman–Crippen MR) is 86.6 cm³/mol. The molecule has 0 spiro atoms. The molecule has 2 nitrogen and oxygen atoms in total. The van der Waals surface area contributed by atoms with Crippen molar-refractivity contribution in [2.75, 3.05) is 11.4 Å². The second-order valence-electron chi connectivity index (χ2n) is 5.76. The predicted octanol–water partition coefficient (Wildman–Crippen LogP) is 3.91. The maximum atomic E-state index is 12.5. The highest BCUT2D eigenvalue weighted by Crippen LogP contribution is 2.27. The molecule has 0 saturated carbocycles. The smallest absolute Gasteiger partial charge is 0.227 e. The third kappa shape index (κ3) is 3.15. The minimum Gasteiger partial charge on any atom is -0.312 e. The minimum absolute atomic E-state index is 0.239. The molecule has 0 atom stereocenters. The van der Waals surface area contributed by atoms with Gasteiger partial charge in [-0.15, -0.1) is 0 Å². The van der Waals surface area contributed by atoms with Crippen LogP contribution in [0.15, 0.2) is 48.5 Å². The van der Waals surface area contributed by atoms with E-state index in [1.54, 1.807) is 0 Å². The van der Waals surface area contributed by atoms with Crippen LogP contribution in [0.3, 0.4) is 0 Å². The molecule has 3 rings (SSSR count). The number of rotatable bonds is 3. The molecule has 0 aromatic heterocycles. The molecule has 2 aromatic carbocycles. The molecular weight excluding hydrogens is 258 g/mol. The Morgan fingerprint density at radius 2 is 1.86 bits per heavy atom. The van der Waals surface area contributed by atoms with Gasteiger partial charge >= 0.3 is 0 Å². The van der Waals surface area contributed by atoms with Crippen LogP contribution in [0.4, 0.5) is 5.69 Å². The minimum atomic E-state index is 0.239. The van der Waals surface area contributed by atoms with E-state index in [4.69, 9.17) is 0 Å².